The summed E-state index contributed by atoms with van der Waals surface area (Å²) in [6, 6.07) is 15.2. The van der Waals surface area contributed by atoms with Crippen LogP contribution in [0, 0.1) is 5.82 Å². The number of nitrogens with one attached hydrogen (secondary N) is 1. The molecule has 1 fully saturated rings. The molecule has 0 bridgehead atoms. The van der Waals surface area contributed by atoms with Gasteiger partial charge in [-0.2, -0.15) is 0 Å². The lowest BCUT2D eigenvalue weighted by Gasteiger charge is -2.32. The highest BCUT2D eigenvalue weighted by atomic mass is 19.1. The average Bonchev–Trinajstić information content (AvgIpc) is 2.77. The summed E-state index contributed by atoms with van der Waals surface area (Å²) in [4.78, 5) is 2.29. The Labute approximate surface area is 180 Å². The van der Waals surface area contributed by atoms with E-state index in [1.165, 1.54) is 44.2 Å². The van der Waals surface area contributed by atoms with E-state index >= 15 is 0 Å². The molecule has 0 saturated heterocycles. The minimum Gasteiger partial charge on any atom is -0.491 e. The van der Waals surface area contributed by atoms with Crippen LogP contribution >= 0.6 is 0 Å². The molecule has 4 nitrogen and oxygen atoms in total. The molecule has 0 radical (unpaired) electrons. The Balaban J connectivity index is 1.36. The lowest BCUT2D eigenvalue weighted by molar-refractivity contribution is 0.0561. The Morgan fingerprint density at radius 3 is 2.63 bits per heavy atom. The Morgan fingerprint density at radius 2 is 1.87 bits per heavy atom. The van der Waals surface area contributed by atoms with Crippen molar-refractivity contribution in [2.24, 2.45) is 0 Å². The van der Waals surface area contributed by atoms with Crippen LogP contribution in [-0.2, 0) is 13.0 Å². The number of benzene rings is 2. The fourth-order valence-electron chi connectivity index (χ4n) is 4.11. The third kappa shape index (κ3) is 7.71. The number of aliphatic hydroxyl groups excluding tert-OH is 1. The van der Waals surface area contributed by atoms with Crippen LogP contribution in [0.25, 0.3) is 0 Å². The van der Waals surface area contributed by atoms with Gasteiger partial charge in [-0.05, 0) is 68.2 Å². The van der Waals surface area contributed by atoms with Crippen LogP contribution in [0.2, 0.25) is 0 Å². The van der Waals surface area contributed by atoms with E-state index in [-0.39, 0.29) is 5.82 Å². The quantitative estimate of drug-likeness (QED) is 0.542. The Hall–Kier alpha value is -1.95. The lowest BCUT2D eigenvalue weighted by atomic mass is 9.94. The summed E-state index contributed by atoms with van der Waals surface area (Å²) in [6.07, 6.45) is 6.78. The van der Waals surface area contributed by atoms with E-state index in [0.29, 0.717) is 19.2 Å². The maximum absolute atomic E-state index is 12.9. The second kappa shape index (κ2) is 12.0. The molecule has 0 unspecified atom stereocenters. The minimum absolute atomic E-state index is 0.200. The highest BCUT2D eigenvalue weighted by Crippen LogP contribution is 2.21. The molecule has 0 heterocycles. The maximum atomic E-state index is 12.9. The summed E-state index contributed by atoms with van der Waals surface area (Å²) in [5, 5.41) is 13.8. The zero-order valence-corrected chi connectivity index (χ0v) is 18.0. The van der Waals surface area contributed by atoms with Crippen molar-refractivity contribution in [3.8, 4) is 5.75 Å². The van der Waals surface area contributed by atoms with Gasteiger partial charge in [0.15, 0.2) is 0 Å². The molecule has 5 heteroatoms. The second-order valence-corrected chi connectivity index (χ2v) is 8.40. The Kier molecular flexibility index (Phi) is 9.12. The van der Waals surface area contributed by atoms with Crippen LogP contribution in [0.5, 0.6) is 5.75 Å². The molecule has 1 aliphatic rings. The predicted molar refractivity (Wildman–Crippen MR) is 119 cm³/mol. The van der Waals surface area contributed by atoms with Crippen molar-refractivity contribution < 1.29 is 14.2 Å². The van der Waals surface area contributed by atoms with Crippen LogP contribution < -0.4 is 10.1 Å². The molecular formula is C25H35FN2O2. The monoisotopic (exact) mass is 414 g/mol. The first kappa shape index (κ1) is 22.7. The van der Waals surface area contributed by atoms with E-state index in [0.717, 1.165) is 36.4 Å². The number of hydrogen-bond donors (Lipinski definition) is 2. The summed E-state index contributed by atoms with van der Waals surface area (Å²) in [5.41, 5.74) is 2.26. The molecular weight excluding hydrogens is 379 g/mol. The van der Waals surface area contributed by atoms with Gasteiger partial charge in [-0.3, -0.25) is 0 Å². The van der Waals surface area contributed by atoms with Crippen LogP contribution in [0.3, 0.4) is 0 Å². The third-order valence-electron chi connectivity index (χ3n) is 5.87. The van der Waals surface area contributed by atoms with E-state index < -0.39 is 6.10 Å². The SMILES string of the molecule is CN(C[C@H](O)COc1cccc(CNCCc2ccc(F)cc2)c1)C1CCCCC1. The number of aliphatic hydroxyl groups is 1. The van der Waals surface area contributed by atoms with Gasteiger partial charge in [-0.15, -0.1) is 0 Å². The van der Waals surface area contributed by atoms with Crippen LogP contribution in [-0.4, -0.2) is 48.9 Å². The van der Waals surface area contributed by atoms with Gasteiger partial charge in [0.05, 0.1) is 0 Å². The smallest absolute Gasteiger partial charge is 0.123 e. The van der Waals surface area contributed by atoms with Gasteiger partial charge in [0.2, 0.25) is 0 Å². The van der Waals surface area contributed by atoms with E-state index in [9.17, 15) is 9.50 Å². The van der Waals surface area contributed by atoms with Crippen LogP contribution in [0.4, 0.5) is 4.39 Å². The first-order valence-electron chi connectivity index (χ1n) is 11.2. The molecule has 0 aromatic heterocycles. The zero-order valence-electron chi connectivity index (χ0n) is 18.0. The first-order chi connectivity index (χ1) is 14.6. The third-order valence-corrected chi connectivity index (χ3v) is 5.87. The molecule has 2 N–H and O–H groups in total. The number of likely N-dealkylation sites (N-methyl/N-ethyl adjacent to an activating group) is 1. The topological polar surface area (TPSA) is 44.7 Å². The molecule has 2 aromatic rings. The molecule has 3 rings (SSSR count). The van der Waals surface area contributed by atoms with Crippen LogP contribution in [0.1, 0.15) is 43.2 Å². The molecule has 1 atom stereocenters. The standard InChI is InChI=1S/C25H35FN2O2/c1-28(23-7-3-2-4-8-23)18-24(29)19-30-25-9-5-6-21(16-25)17-27-15-14-20-10-12-22(26)13-11-20/h5-6,9-13,16,23-24,27,29H,2-4,7-8,14-15,17-19H2,1H3/t24-/m0/s1. The van der Waals surface area contributed by atoms with Crippen molar-refractivity contribution >= 4 is 0 Å². The second-order valence-electron chi connectivity index (χ2n) is 8.40. The summed E-state index contributed by atoms with van der Waals surface area (Å²) in [7, 11) is 2.11. The maximum Gasteiger partial charge on any atom is 0.123 e. The van der Waals surface area contributed by atoms with Crippen molar-refractivity contribution in [3.05, 3.63) is 65.5 Å². The Bertz CT molecular complexity index is 747. The molecule has 0 spiro atoms. The van der Waals surface area contributed by atoms with Gasteiger partial charge in [0.25, 0.3) is 0 Å². The highest BCUT2D eigenvalue weighted by Gasteiger charge is 2.20. The molecule has 2 aromatic carbocycles. The fraction of sp³-hybridized carbons (Fsp3) is 0.520. The first-order valence-corrected chi connectivity index (χ1v) is 11.2. The average molecular weight is 415 g/mol. The van der Waals surface area contributed by atoms with Crippen molar-refractivity contribution in [1.82, 2.24) is 10.2 Å². The molecule has 0 amide bonds. The van der Waals surface area contributed by atoms with E-state index in [4.69, 9.17) is 4.74 Å². The van der Waals surface area contributed by atoms with E-state index in [1.54, 1.807) is 0 Å². The summed E-state index contributed by atoms with van der Waals surface area (Å²) < 4.78 is 18.8. The van der Waals surface area contributed by atoms with Crippen LogP contribution in [0.15, 0.2) is 48.5 Å². The Morgan fingerprint density at radius 1 is 1.10 bits per heavy atom. The molecule has 164 valence electrons. The molecule has 1 aliphatic carbocycles. The summed E-state index contributed by atoms with van der Waals surface area (Å²) in [6.45, 7) is 2.52. The summed E-state index contributed by atoms with van der Waals surface area (Å²) in [5.74, 6) is 0.585. The largest absolute Gasteiger partial charge is 0.491 e. The van der Waals surface area contributed by atoms with E-state index in [2.05, 4.69) is 23.3 Å². The number of hydrogen-bond acceptors (Lipinski definition) is 4. The van der Waals surface area contributed by atoms with Crippen molar-refractivity contribution in [3.63, 3.8) is 0 Å². The number of halogens is 1. The van der Waals surface area contributed by atoms with Gasteiger partial charge < -0.3 is 20.1 Å². The summed E-state index contributed by atoms with van der Waals surface area (Å²) >= 11 is 0. The highest BCUT2D eigenvalue weighted by molar-refractivity contribution is 5.28. The number of rotatable bonds is 11. The van der Waals surface area contributed by atoms with Crippen molar-refractivity contribution in [1.29, 1.82) is 0 Å². The van der Waals surface area contributed by atoms with Gasteiger partial charge in [-0.25, -0.2) is 4.39 Å². The normalized spacial score (nSPS) is 16.0. The van der Waals surface area contributed by atoms with Crippen molar-refractivity contribution in [2.75, 3.05) is 26.7 Å². The van der Waals surface area contributed by atoms with Gasteiger partial charge in [0, 0.05) is 19.1 Å². The lowest BCUT2D eigenvalue weighted by Crippen LogP contribution is -2.40. The molecule has 0 aliphatic heterocycles. The number of nitrogens with zero attached hydrogens (tertiary/aromatic N) is 1. The van der Waals surface area contributed by atoms with Gasteiger partial charge >= 0.3 is 0 Å². The molecule has 1 saturated carbocycles. The van der Waals surface area contributed by atoms with Crippen molar-refractivity contribution in [2.45, 2.75) is 57.2 Å². The van der Waals surface area contributed by atoms with Gasteiger partial charge in [0.1, 0.15) is 24.3 Å². The van der Waals surface area contributed by atoms with E-state index in [1.807, 2.05) is 30.3 Å². The molecule has 30 heavy (non-hydrogen) atoms. The zero-order chi connectivity index (χ0) is 21.2. The predicted octanol–water partition coefficient (Wildman–Crippen LogP) is 4.16. The number of ether oxygens (including phenoxy) is 1. The fourth-order valence-corrected chi connectivity index (χ4v) is 4.11. The van der Waals surface area contributed by atoms with Gasteiger partial charge in [-0.1, -0.05) is 43.5 Å². The minimum atomic E-state index is -0.491.